The van der Waals surface area contributed by atoms with E-state index in [1.165, 1.54) is 24.3 Å². The fourth-order valence-corrected chi connectivity index (χ4v) is 5.52. The van der Waals surface area contributed by atoms with E-state index in [9.17, 15) is 8.78 Å². The number of hydrogen-bond acceptors (Lipinski definition) is 4. The lowest BCUT2D eigenvalue weighted by Gasteiger charge is -2.15. The van der Waals surface area contributed by atoms with Crippen molar-refractivity contribution in [1.82, 2.24) is 9.97 Å². The minimum absolute atomic E-state index is 0.319. The van der Waals surface area contributed by atoms with E-state index in [1.807, 2.05) is 22.9 Å². The third kappa shape index (κ3) is 3.71. The minimum Gasteiger partial charge on any atom is -0.243 e. The molecule has 0 amide bonds. The summed E-state index contributed by atoms with van der Waals surface area (Å²) >= 11 is 3.29. The summed E-state index contributed by atoms with van der Waals surface area (Å²) in [6.45, 7) is 0. The molecule has 0 N–H and O–H groups in total. The van der Waals surface area contributed by atoms with Crippen LogP contribution in [0, 0.1) is 11.6 Å². The third-order valence-corrected chi connectivity index (χ3v) is 7.44. The van der Waals surface area contributed by atoms with E-state index in [-0.39, 0.29) is 11.6 Å². The van der Waals surface area contributed by atoms with Gasteiger partial charge in [-0.3, -0.25) is 0 Å². The van der Waals surface area contributed by atoms with E-state index in [4.69, 9.17) is 9.97 Å². The Hall–Kier alpha value is -3.74. The van der Waals surface area contributed by atoms with Crippen molar-refractivity contribution in [2.75, 3.05) is 0 Å². The number of rotatable bonds is 4. The number of halogens is 2. The van der Waals surface area contributed by atoms with Gasteiger partial charge >= 0.3 is 0 Å². The van der Waals surface area contributed by atoms with E-state index in [2.05, 4.69) is 24.3 Å². The summed E-state index contributed by atoms with van der Waals surface area (Å²) in [5.41, 5.74) is 6.28. The van der Waals surface area contributed by atoms with Crippen LogP contribution in [0.1, 0.15) is 0 Å². The maximum absolute atomic E-state index is 13.7. The van der Waals surface area contributed by atoms with Crippen LogP contribution in [0.25, 0.3) is 54.4 Å². The first-order chi connectivity index (χ1) is 16.7. The molecule has 0 spiro atoms. The molecule has 0 atom stereocenters. The van der Waals surface area contributed by atoms with Gasteiger partial charge in [0.1, 0.15) is 11.6 Å². The number of aromatic nitrogens is 2. The minimum atomic E-state index is -0.319. The van der Waals surface area contributed by atoms with Crippen LogP contribution in [-0.4, -0.2) is 9.97 Å². The Bertz CT molecular complexity index is 1470. The molecule has 6 aromatic rings. The maximum Gasteiger partial charge on any atom is 0.123 e. The quantitative estimate of drug-likeness (QED) is 0.251. The van der Waals surface area contributed by atoms with E-state index in [1.54, 1.807) is 46.9 Å². The average molecular weight is 483 g/mol. The molecule has 34 heavy (non-hydrogen) atoms. The Morgan fingerprint density at radius 3 is 1.26 bits per heavy atom. The number of fused-ring (bicyclic) bond motifs is 1. The standard InChI is InChI=1S/C28H16F2N2S2/c29-19-9-5-17(6-10-19)25-26(18-7-11-20(30)12-8-18)32-28-22(24-4-2-16-34-24)14-13-21(27(28)31-25)23-3-1-15-33-23/h1-16H. The van der Waals surface area contributed by atoms with Gasteiger partial charge in [0.15, 0.2) is 0 Å². The van der Waals surface area contributed by atoms with Crippen LogP contribution in [0.5, 0.6) is 0 Å². The van der Waals surface area contributed by atoms with Gasteiger partial charge in [-0.2, -0.15) is 0 Å². The fourth-order valence-electron chi connectivity index (χ4n) is 4.01. The molecule has 0 aliphatic rings. The molecule has 0 fully saturated rings. The summed E-state index contributed by atoms with van der Waals surface area (Å²) in [6, 6.07) is 24.8. The predicted octanol–water partition coefficient (Wildman–Crippen LogP) is 8.70. The van der Waals surface area contributed by atoms with Gasteiger partial charge in [-0.25, -0.2) is 18.7 Å². The molecule has 0 bridgehead atoms. The Morgan fingerprint density at radius 1 is 0.500 bits per heavy atom. The Kier molecular flexibility index (Phi) is 5.24. The van der Waals surface area contributed by atoms with Crippen molar-refractivity contribution in [3.8, 4) is 43.4 Å². The van der Waals surface area contributed by atoms with E-state index >= 15 is 0 Å². The van der Waals surface area contributed by atoms with Crippen molar-refractivity contribution in [3.63, 3.8) is 0 Å². The summed E-state index contributed by atoms with van der Waals surface area (Å²) in [7, 11) is 0. The van der Waals surface area contributed by atoms with Crippen LogP contribution in [0.4, 0.5) is 8.78 Å². The SMILES string of the molecule is Fc1ccc(-c2nc3c(-c4cccs4)ccc(-c4cccs4)c3nc2-c2ccc(F)cc2)cc1. The molecular weight excluding hydrogens is 466 g/mol. The molecule has 6 rings (SSSR count). The molecule has 3 aromatic heterocycles. The second-order valence-corrected chi connectivity index (χ2v) is 9.64. The molecule has 164 valence electrons. The lowest BCUT2D eigenvalue weighted by Crippen LogP contribution is -1.98. The molecule has 0 saturated carbocycles. The molecule has 0 aliphatic carbocycles. The average Bonchev–Trinajstić information content (AvgIpc) is 3.58. The highest BCUT2D eigenvalue weighted by Crippen LogP contribution is 2.40. The molecule has 2 nitrogen and oxygen atoms in total. The summed E-state index contributed by atoms with van der Waals surface area (Å²) in [5, 5.41) is 4.07. The van der Waals surface area contributed by atoms with Crippen molar-refractivity contribution in [2.45, 2.75) is 0 Å². The van der Waals surface area contributed by atoms with E-state index < -0.39 is 0 Å². The highest BCUT2D eigenvalue weighted by Gasteiger charge is 2.19. The Morgan fingerprint density at radius 2 is 0.912 bits per heavy atom. The fraction of sp³-hybridized carbons (Fsp3) is 0. The van der Waals surface area contributed by atoms with Gasteiger partial charge in [-0.1, -0.05) is 24.3 Å². The number of hydrogen-bond donors (Lipinski definition) is 0. The zero-order valence-electron chi connectivity index (χ0n) is 17.7. The lowest BCUT2D eigenvalue weighted by molar-refractivity contribution is 0.627. The first-order valence-electron chi connectivity index (χ1n) is 10.6. The Balaban J connectivity index is 1.72. The van der Waals surface area contributed by atoms with Gasteiger partial charge < -0.3 is 0 Å². The predicted molar refractivity (Wildman–Crippen MR) is 137 cm³/mol. The van der Waals surface area contributed by atoms with Crippen LogP contribution in [0.3, 0.4) is 0 Å². The molecule has 0 aliphatic heterocycles. The molecule has 6 heteroatoms. The topological polar surface area (TPSA) is 25.8 Å². The third-order valence-electron chi connectivity index (χ3n) is 5.63. The molecule has 3 aromatic carbocycles. The van der Waals surface area contributed by atoms with Crippen LogP contribution >= 0.6 is 22.7 Å². The largest absolute Gasteiger partial charge is 0.243 e. The summed E-state index contributed by atoms with van der Waals surface area (Å²) in [5.74, 6) is -0.639. The zero-order chi connectivity index (χ0) is 23.1. The van der Waals surface area contributed by atoms with Crippen LogP contribution in [0.15, 0.2) is 95.7 Å². The Labute approximate surface area is 202 Å². The smallest absolute Gasteiger partial charge is 0.123 e. The molecule has 3 heterocycles. The van der Waals surface area contributed by atoms with Crippen molar-refractivity contribution in [1.29, 1.82) is 0 Å². The van der Waals surface area contributed by atoms with Gasteiger partial charge in [-0.05, 0) is 71.4 Å². The van der Waals surface area contributed by atoms with Gasteiger partial charge in [0, 0.05) is 32.0 Å². The highest BCUT2D eigenvalue weighted by atomic mass is 32.1. The number of benzene rings is 3. The molecular formula is C28H16F2N2S2. The van der Waals surface area contributed by atoms with Crippen molar-refractivity contribution in [3.05, 3.63) is 107 Å². The summed E-state index contributed by atoms with van der Waals surface area (Å²) in [4.78, 5) is 12.5. The first-order valence-corrected chi connectivity index (χ1v) is 12.4. The first kappa shape index (κ1) is 20.8. The van der Waals surface area contributed by atoms with Gasteiger partial charge in [-0.15, -0.1) is 22.7 Å². The van der Waals surface area contributed by atoms with Crippen LogP contribution < -0.4 is 0 Å². The number of thiophene rings is 2. The van der Waals surface area contributed by atoms with Crippen LogP contribution in [-0.2, 0) is 0 Å². The lowest BCUT2D eigenvalue weighted by atomic mass is 10.0. The van der Waals surface area contributed by atoms with Crippen molar-refractivity contribution >= 4 is 33.7 Å². The monoisotopic (exact) mass is 482 g/mol. The molecule has 0 unspecified atom stereocenters. The summed E-state index contributed by atoms with van der Waals surface area (Å²) < 4.78 is 27.4. The highest BCUT2D eigenvalue weighted by molar-refractivity contribution is 7.14. The van der Waals surface area contributed by atoms with E-state index in [0.29, 0.717) is 11.4 Å². The van der Waals surface area contributed by atoms with Gasteiger partial charge in [0.25, 0.3) is 0 Å². The molecule has 0 radical (unpaired) electrons. The second-order valence-electron chi connectivity index (χ2n) is 7.75. The van der Waals surface area contributed by atoms with E-state index in [0.717, 1.165) is 43.0 Å². The second kappa shape index (κ2) is 8.56. The van der Waals surface area contributed by atoms with Gasteiger partial charge in [0.2, 0.25) is 0 Å². The van der Waals surface area contributed by atoms with Crippen molar-refractivity contribution in [2.24, 2.45) is 0 Å². The van der Waals surface area contributed by atoms with Crippen molar-refractivity contribution < 1.29 is 8.78 Å². The molecule has 0 saturated heterocycles. The zero-order valence-corrected chi connectivity index (χ0v) is 19.3. The number of nitrogens with zero attached hydrogens (tertiary/aromatic N) is 2. The van der Waals surface area contributed by atoms with Gasteiger partial charge in [0.05, 0.1) is 22.4 Å². The summed E-state index contributed by atoms with van der Waals surface area (Å²) in [6.07, 6.45) is 0. The maximum atomic E-state index is 13.7. The van der Waals surface area contributed by atoms with Crippen LogP contribution in [0.2, 0.25) is 0 Å². The normalized spacial score (nSPS) is 11.2.